The van der Waals surface area contributed by atoms with Gasteiger partial charge in [0.2, 0.25) is 0 Å². The zero-order valence-electron chi connectivity index (χ0n) is 8.15. The average molecular weight is 182 g/mol. The molecule has 0 radical (unpaired) electrons. The number of rotatable bonds is 4. The fourth-order valence-electron chi connectivity index (χ4n) is 0.715. The maximum atomic E-state index is 5.27. The second kappa shape index (κ2) is 4.77. The summed E-state index contributed by atoms with van der Waals surface area (Å²) in [5.41, 5.74) is 1.02. The molecule has 0 fully saturated rings. The SMILES string of the molecule is COC(C)COc1ncc(C)cn1. The minimum absolute atomic E-state index is 0.0601. The van der Waals surface area contributed by atoms with Crippen molar-refractivity contribution in [3.8, 4) is 6.01 Å². The standard InChI is InChI=1S/C9H14N2O2/c1-7-4-10-9(11-5-7)13-6-8(2)12-3/h4-5,8H,6H2,1-3H3. The molecule has 4 heteroatoms. The lowest BCUT2D eigenvalue weighted by Crippen LogP contribution is -2.16. The first kappa shape index (κ1) is 9.92. The molecular formula is C9H14N2O2. The lowest BCUT2D eigenvalue weighted by Gasteiger charge is -2.09. The molecule has 0 spiro atoms. The van der Waals surface area contributed by atoms with Crippen molar-refractivity contribution < 1.29 is 9.47 Å². The van der Waals surface area contributed by atoms with Gasteiger partial charge in [-0.05, 0) is 19.4 Å². The Hall–Kier alpha value is -1.16. The van der Waals surface area contributed by atoms with Crippen LogP contribution in [-0.4, -0.2) is 29.8 Å². The highest BCUT2D eigenvalue weighted by atomic mass is 16.5. The molecular weight excluding hydrogens is 168 g/mol. The third-order valence-corrected chi connectivity index (χ3v) is 1.61. The maximum Gasteiger partial charge on any atom is 0.316 e. The minimum atomic E-state index is 0.0601. The first-order valence-electron chi connectivity index (χ1n) is 4.16. The van der Waals surface area contributed by atoms with Crippen LogP contribution in [0.5, 0.6) is 6.01 Å². The van der Waals surface area contributed by atoms with Crippen LogP contribution in [-0.2, 0) is 4.74 Å². The van der Waals surface area contributed by atoms with Crippen LogP contribution >= 0.6 is 0 Å². The highest BCUT2D eigenvalue weighted by molar-refractivity contribution is 5.04. The van der Waals surface area contributed by atoms with Crippen molar-refractivity contribution in [2.24, 2.45) is 0 Å². The van der Waals surface area contributed by atoms with Gasteiger partial charge in [-0.1, -0.05) is 0 Å². The first-order valence-corrected chi connectivity index (χ1v) is 4.16. The van der Waals surface area contributed by atoms with Crippen molar-refractivity contribution >= 4 is 0 Å². The van der Waals surface area contributed by atoms with E-state index in [0.29, 0.717) is 12.6 Å². The van der Waals surface area contributed by atoms with Crippen molar-refractivity contribution in [2.45, 2.75) is 20.0 Å². The van der Waals surface area contributed by atoms with Gasteiger partial charge in [-0.15, -0.1) is 0 Å². The van der Waals surface area contributed by atoms with E-state index in [4.69, 9.17) is 9.47 Å². The molecule has 1 heterocycles. The topological polar surface area (TPSA) is 44.2 Å². The number of aromatic nitrogens is 2. The van der Waals surface area contributed by atoms with Gasteiger partial charge in [-0.3, -0.25) is 0 Å². The quantitative estimate of drug-likeness (QED) is 0.701. The van der Waals surface area contributed by atoms with Crippen LogP contribution in [0.15, 0.2) is 12.4 Å². The van der Waals surface area contributed by atoms with Gasteiger partial charge in [0.05, 0.1) is 6.10 Å². The predicted octanol–water partition coefficient (Wildman–Crippen LogP) is 1.20. The van der Waals surface area contributed by atoms with Crippen molar-refractivity contribution in [1.29, 1.82) is 0 Å². The minimum Gasteiger partial charge on any atom is -0.461 e. The number of hydrogen-bond donors (Lipinski definition) is 0. The zero-order valence-corrected chi connectivity index (χ0v) is 8.15. The Morgan fingerprint density at radius 2 is 2.00 bits per heavy atom. The van der Waals surface area contributed by atoms with E-state index >= 15 is 0 Å². The molecule has 0 aliphatic rings. The number of hydrogen-bond acceptors (Lipinski definition) is 4. The summed E-state index contributed by atoms with van der Waals surface area (Å²) in [6.45, 7) is 4.33. The number of nitrogens with zero attached hydrogens (tertiary/aromatic N) is 2. The van der Waals surface area contributed by atoms with E-state index in [2.05, 4.69) is 9.97 Å². The van der Waals surface area contributed by atoms with E-state index < -0.39 is 0 Å². The lowest BCUT2D eigenvalue weighted by molar-refractivity contribution is 0.0680. The van der Waals surface area contributed by atoms with E-state index in [1.165, 1.54) is 0 Å². The maximum absolute atomic E-state index is 5.27. The van der Waals surface area contributed by atoms with Gasteiger partial charge in [0.1, 0.15) is 6.61 Å². The summed E-state index contributed by atoms with van der Waals surface area (Å²) in [6.07, 6.45) is 3.50. The van der Waals surface area contributed by atoms with Gasteiger partial charge in [0.25, 0.3) is 0 Å². The van der Waals surface area contributed by atoms with Crippen LogP contribution in [0.3, 0.4) is 0 Å². The van der Waals surface area contributed by atoms with Crippen molar-refractivity contribution in [1.82, 2.24) is 9.97 Å². The summed E-state index contributed by atoms with van der Waals surface area (Å²) in [5.74, 6) is 0. The Morgan fingerprint density at radius 3 is 2.54 bits per heavy atom. The lowest BCUT2D eigenvalue weighted by atomic mass is 10.4. The van der Waals surface area contributed by atoms with Gasteiger partial charge in [-0.25, -0.2) is 9.97 Å². The van der Waals surface area contributed by atoms with Crippen molar-refractivity contribution in [3.05, 3.63) is 18.0 Å². The Kier molecular flexibility index (Phi) is 3.64. The zero-order chi connectivity index (χ0) is 9.68. The summed E-state index contributed by atoms with van der Waals surface area (Å²) in [6, 6.07) is 0.398. The van der Waals surface area contributed by atoms with Gasteiger partial charge < -0.3 is 9.47 Å². The normalized spacial score (nSPS) is 12.5. The van der Waals surface area contributed by atoms with E-state index in [1.54, 1.807) is 19.5 Å². The van der Waals surface area contributed by atoms with Gasteiger partial charge in [0.15, 0.2) is 0 Å². The third kappa shape index (κ3) is 3.38. The van der Waals surface area contributed by atoms with Gasteiger partial charge in [0, 0.05) is 19.5 Å². The van der Waals surface area contributed by atoms with Crippen LogP contribution < -0.4 is 4.74 Å². The smallest absolute Gasteiger partial charge is 0.316 e. The Morgan fingerprint density at radius 1 is 1.38 bits per heavy atom. The van der Waals surface area contributed by atoms with E-state index in [1.807, 2.05) is 13.8 Å². The van der Waals surface area contributed by atoms with E-state index in [9.17, 15) is 0 Å². The molecule has 1 aromatic rings. The molecule has 0 bridgehead atoms. The van der Waals surface area contributed by atoms with Crippen LogP contribution in [0.2, 0.25) is 0 Å². The summed E-state index contributed by atoms with van der Waals surface area (Å²) in [4.78, 5) is 7.99. The van der Waals surface area contributed by atoms with Gasteiger partial charge in [-0.2, -0.15) is 0 Å². The summed E-state index contributed by atoms with van der Waals surface area (Å²) < 4.78 is 10.3. The van der Waals surface area contributed by atoms with E-state index in [-0.39, 0.29) is 6.10 Å². The molecule has 1 aromatic heterocycles. The average Bonchev–Trinajstić information content (AvgIpc) is 2.16. The first-order chi connectivity index (χ1) is 6.22. The Bertz CT molecular complexity index is 248. The van der Waals surface area contributed by atoms with Crippen molar-refractivity contribution in [3.63, 3.8) is 0 Å². The third-order valence-electron chi connectivity index (χ3n) is 1.61. The Balaban J connectivity index is 2.41. The summed E-state index contributed by atoms with van der Waals surface area (Å²) in [5, 5.41) is 0. The molecule has 1 rings (SSSR count). The molecule has 0 saturated carbocycles. The highest BCUT2D eigenvalue weighted by Crippen LogP contribution is 2.02. The van der Waals surface area contributed by atoms with Gasteiger partial charge >= 0.3 is 6.01 Å². The molecule has 72 valence electrons. The van der Waals surface area contributed by atoms with Crippen molar-refractivity contribution in [2.75, 3.05) is 13.7 Å². The predicted molar refractivity (Wildman–Crippen MR) is 48.7 cm³/mol. The summed E-state index contributed by atoms with van der Waals surface area (Å²) in [7, 11) is 1.64. The molecule has 0 aliphatic carbocycles. The molecule has 4 nitrogen and oxygen atoms in total. The largest absolute Gasteiger partial charge is 0.461 e. The Labute approximate surface area is 77.9 Å². The molecule has 0 aromatic carbocycles. The van der Waals surface area contributed by atoms with E-state index in [0.717, 1.165) is 5.56 Å². The second-order valence-corrected chi connectivity index (χ2v) is 2.90. The number of ether oxygens (including phenoxy) is 2. The summed E-state index contributed by atoms with van der Waals surface area (Å²) >= 11 is 0. The van der Waals surface area contributed by atoms with Crippen LogP contribution in [0.1, 0.15) is 12.5 Å². The molecule has 0 amide bonds. The molecule has 0 aliphatic heterocycles. The van der Waals surface area contributed by atoms with Crippen LogP contribution in [0.25, 0.3) is 0 Å². The van der Waals surface area contributed by atoms with Crippen LogP contribution in [0, 0.1) is 6.92 Å². The number of aryl methyl sites for hydroxylation is 1. The molecule has 1 unspecified atom stereocenters. The molecule has 13 heavy (non-hydrogen) atoms. The highest BCUT2D eigenvalue weighted by Gasteiger charge is 2.01. The fourth-order valence-corrected chi connectivity index (χ4v) is 0.715. The molecule has 1 atom stereocenters. The molecule has 0 saturated heterocycles. The monoisotopic (exact) mass is 182 g/mol. The fraction of sp³-hybridized carbons (Fsp3) is 0.556. The number of methoxy groups -OCH3 is 1. The van der Waals surface area contributed by atoms with Crippen LogP contribution in [0.4, 0.5) is 0 Å². The molecule has 0 N–H and O–H groups in total. The second-order valence-electron chi connectivity index (χ2n) is 2.90.